The molecule has 0 amide bonds. The Balaban J connectivity index is 1.81. The lowest BCUT2D eigenvalue weighted by atomic mass is 9.89. The van der Waals surface area contributed by atoms with Gasteiger partial charge in [0.25, 0.3) is 0 Å². The van der Waals surface area contributed by atoms with Crippen LogP contribution in [0, 0.1) is 0 Å². The number of likely N-dealkylation sites (tertiary alicyclic amines) is 1. The normalized spacial score (nSPS) is 19.7. The molecule has 16 heavy (non-hydrogen) atoms. The number of nitrogens with zero attached hydrogens (tertiary/aromatic N) is 2. The molecule has 0 bridgehead atoms. The monoisotopic (exact) mass is 240 g/mol. The second-order valence-electron chi connectivity index (χ2n) is 4.71. The van der Waals surface area contributed by atoms with Crippen molar-refractivity contribution < 1.29 is 5.11 Å². The molecule has 4 heteroatoms. The van der Waals surface area contributed by atoms with Crippen molar-refractivity contribution in [3.8, 4) is 0 Å². The fraction of sp³-hybridized carbons (Fsp3) is 0.750. The van der Waals surface area contributed by atoms with Crippen LogP contribution in [0.4, 0.5) is 0 Å². The van der Waals surface area contributed by atoms with E-state index in [1.165, 1.54) is 5.01 Å². The number of hydrogen-bond donors (Lipinski definition) is 1. The molecule has 1 saturated heterocycles. The van der Waals surface area contributed by atoms with Crippen LogP contribution in [0.5, 0.6) is 0 Å². The lowest BCUT2D eigenvalue weighted by Gasteiger charge is -2.46. The third kappa shape index (κ3) is 2.62. The van der Waals surface area contributed by atoms with Crippen LogP contribution in [0.3, 0.4) is 0 Å². The fourth-order valence-corrected chi connectivity index (χ4v) is 3.07. The second kappa shape index (κ2) is 4.82. The van der Waals surface area contributed by atoms with Crippen LogP contribution in [0.2, 0.25) is 0 Å². The quantitative estimate of drug-likeness (QED) is 0.856. The average molecular weight is 240 g/mol. The Morgan fingerprint density at radius 3 is 2.81 bits per heavy atom. The largest absolute Gasteiger partial charge is 0.387 e. The zero-order valence-electron chi connectivity index (χ0n) is 10.1. The van der Waals surface area contributed by atoms with Gasteiger partial charge in [0.2, 0.25) is 0 Å². The Hall–Kier alpha value is -0.450. The van der Waals surface area contributed by atoms with Crippen LogP contribution in [0.15, 0.2) is 5.38 Å². The van der Waals surface area contributed by atoms with Crippen molar-refractivity contribution in [2.24, 2.45) is 0 Å². The third-order valence-corrected chi connectivity index (χ3v) is 4.08. The molecule has 0 aromatic carbocycles. The van der Waals surface area contributed by atoms with E-state index in [2.05, 4.69) is 29.1 Å². The number of rotatable bonds is 5. The molecule has 1 aromatic rings. The molecule has 0 radical (unpaired) electrons. The number of aliphatic hydroxyl groups is 1. The summed E-state index contributed by atoms with van der Waals surface area (Å²) in [4.78, 5) is 6.81. The van der Waals surface area contributed by atoms with Gasteiger partial charge in [-0.3, -0.25) is 4.90 Å². The summed E-state index contributed by atoms with van der Waals surface area (Å²) < 4.78 is 0. The van der Waals surface area contributed by atoms with Crippen molar-refractivity contribution in [3.05, 3.63) is 16.1 Å². The van der Waals surface area contributed by atoms with E-state index in [-0.39, 0.29) is 0 Å². The van der Waals surface area contributed by atoms with E-state index < -0.39 is 5.60 Å². The molecule has 2 heterocycles. The van der Waals surface area contributed by atoms with Crippen LogP contribution < -0.4 is 0 Å². The molecule has 1 aliphatic heterocycles. The highest BCUT2D eigenvalue weighted by Gasteiger charge is 2.39. The summed E-state index contributed by atoms with van der Waals surface area (Å²) in [6, 6.07) is 0. The van der Waals surface area contributed by atoms with E-state index >= 15 is 0 Å². The first-order chi connectivity index (χ1) is 7.65. The maximum atomic E-state index is 10.1. The maximum absolute atomic E-state index is 10.1. The Kier molecular flexibility index (Phi) is 3.62. The van der Waals surface area contributed by atoms with Crippen LogP contribution in [0.1, 0.15) is 37.4 Å². The summed E-state index contributed by atoms with van der Waals surface area (Å²) >= 11 is 1.74. The van der Waals surface area contributed by atoms with Crippen molar-refractivity contribution in [2.75, 3.05) is 13.1 Å². The maximum Gasteiger partial charge on any atom is 0.0926 e. The Morgan fingerprint density at radius 1 is 1.50 bits per heavy atom. The molecule has 0 aliphatic carbocycles. The summed E-state index contributed by atoms with van der Waals surface area (Å²) in [5, 5.41) is 13.4. The van der Waals surface area contributed by atoms with Gasteiger partial charge in [-0.25, -0.2) is 4.98 Å². The lowest BCUT2D eigenvalue weighted by molar-refractivity contribution is -0.107. The molecule has 90 valence electrons. The molecular formula is C12H20N2OS. The first kappa shape index (κ1) is 12.0. The van der Waals surface area contributed by atoms with Crippen LogP contribution in [-0.2, 0) is 13.0 Å². The molecule has 0 saturated carbocycles. The molecule has 0 spiro atoms. The highest BCUT2D eigenvalue weighted by molar-refractivity contribution is 7.09. The third-order valence-electron chi connectivity index (χ3n) is 3.04. The molecule has 1 N–H and O–H groups in total. The highest BCUT2D eigenvalue weighted by atomic mass is 32.1. The van der Waals surface area contributed by atoms with E-state index in [9.17, 15) is 5.11 Å². The Bertz CT molecular complexity index is 345. The lowest BCUT2D eigenvalue weighted by Crippen LogP contribution is -2.60. The predicted molar refractivity (Wildman–Crippen MR) is 66.6 cm³/mol. The second-order valence-corrected chi connectivity index (χ2v) is 5.65. The van der Waals surface area contributed by atoms with Crippen molar-refractivity contribution in [3.63, 3.8) is 0 Å². The van der Waals surface area contributed by atoms with Gasteiger partial charge in [0.05, 0.1) is 16.3 Å². The standard InChI is InChI=1S/C12H20N2OS/c1-3-5-12(15)8-14(9-12)6-10-7-16-11(4-2)13-10/h7,15H,3-6,8-9H2,1-2H3. The number of hydrogen-bond acceptors (Lipinski definition) is 4. The number of thiazole rings is 1. The zero-order valence-corrected chi connectivity index (χ0v) is 10.9. The molecule has 1 aromatic heterocycles. The minimum atomic E-state index is -0.418. The highest BCUT2D eigenvalue weighted by Crippen LogP contribution is 2.27. The zero-order chi connectivity index (χ0) is 11.6. The van der Waals surface area contributed by atoms with Gasteiger partial charge in [-0.05, 0) is 12.8 Å². The summed E-state index contributed by atoms with van der Waals surface area (Å²) in [7, 11) is 0. The van der Waals surface area contributed by atoms with Crippen LogP contribution in [0.25, 0.3) is 0 Å². The predicted octanol–water partition coefficient (Wildman–Crippen LogP) is 2.05. The molecule has 2 rings (SSSR count). The van der Waals surface area contributed by atoms with Gasteiger partial charge in [-0.1, -0.05) is 20.3 Å². The molecule has 1 aliphatic rings. The van der Waals surface area contributed by atoms with E-state index in [0.717, 1.165) is 44.6 Å². The van der Waals surface area contributed by atoms with E-state index in [4.69, 9.17) is 0 Å². The topological polar surface area (TPSA) is 36.4 Å². The van der Waals surface area contributed by atoms with Crippen LogP contribution >= 0.6 is 11.3 Å². The van der Waals surface area contributed by atoms with E-state index in [1.807, 2.05) is 0 Å². The minimum absolute atomic E-state index is 0.418. The van der Waals surface area contributed by atoms with Crippen molar-refractivity contribution in [1.82, 2.24) is 9.88 Å². The van der Waals surface area contributed by atoms with Gasteiger partial charge in [0.1, 0.15) is 0 Å². The fourth-order valence-electron chi connectivity index (χ4n) is 2.33. The SMILES string of the molecule is CCCC1(O)CN(Cc2csc(CC)n2)C1. The Morgan fingerprint density at radius 2 is 2.25 bits per heavy atom. The summed E-state index contributed by atoms with van der Waals surface area (Å²) in [6.07, 6.45) is 2.99. The van der Waals surface area contributed by atoms with E-state index in [1.54, 1.807) is 11.3 Å². The van der Waals surface area contributed by atoms with E-state index in [0.29, 0.717) is 0 Å². The van der Waals surface area contributed by atoms with Gasteiger partial charge >= 0.3 is 0 Å². The number of aromatic nitrogens is 1. The van der Waals surface area contributed by atoms with Gasteiger partial charge in [0.15, 0.2) is 0 Å². The number of β-amino-alcohol motifs (C(OH)–C–C–N with tert-alkyl or cyclic N) is 1. The minimum Gasteiger partial charge on any atom is -0.387 e. The van der Waals surface area contributed by atoms with Gasteiger partial charge in [0, 0.05) is 25.0 Å². The molecule has 0 atom stereocenters. The molecule has 0 unspecified atom stereocenters. The first-order valence-electron chi connectivity index (χ1n) is 6.03. The van der Waals surface area contributed by atoms with Crippen LogP contribution in [-0.4, -0.2) is 33.7 Å². The molecule has 3 nitrogen and oxygen atoms in total. The van der Waals surface area contributed by atoms with Gasteiger partial charge < -0.3 is 5.11 Å². The van der Waals surface area contributed by atoms with Gasteiger partial charge in [-0.2, -0.15) is 0 Å². The summed E-state index contributed by atoms with van der Waals surface area (Å²) in [5.41, 5.74) is 0.735. The van der Waals surface area contributed by atoms with Crippen molar-refractivity contribution in [1.29, 1.82) is 0 Å². The molecular weight excluding hydrogens is 220 g/mol. The summed E-state index contributed by atoms with van der Waals surface area (Å²) in [6.45, 7) is 6.75. The van der Waals surface area contributed by atoms with Crippen molar-refractivity contribution >= 4 is 11.3 Å². The Labute approximate surface area is 101 Å². The van der Waals surface area contributed by atoms with Gasteiger partial charge in [-0.15, -0.1) is 11.3 Å². The first-order valence-corrected chi connectivity index (χ1v) is 6.91. The smallest absolute Gasteiger partial charge is 0.0926 e. The summed E-state index contributed by atoms with van der Waals surface area (Å²) in [5.74, 6) is 0. The number of aryl methyl sites for hydroxylation is 1. The molecule has 1 fully saturated rings. The van der Waals surface area contributed by atoms with Crippen molar-refractivity contribution in [2.45, 2.75) is 45.3 Å². The average Bonchev–Trinajstić information content (AvgIpc) is 2.64.